The maximum Gasteiger partial charge on any atom is 0.254 e. The minimum Gasteiger partial charge on any atom is -0.312 e. The molecular weight excluding hydrogens is 178 g/mol. The molecule has 1 aromatic rings. The van der Waals surface area contributed by atoms with Gasteiger partial charge in [-0.15, -0.1) is 0 Å². The average molecular weight is 190 g/mol. The number of aromatic nitrogens is 3. The van der Waals surface area contributed by atoms with Crippen molar-refractivity contribution in [1.29, 1.82) is 0 Å². The zero-order valence-electron chi connectivity index (χ0n) is 7.54. The minimum absolute atomic E-state index is 0.185. The number of nitrogens with one attached hydrogen (secondary N) is 1. The van der Waals surface area contributed by atoms with Crippen LogP contribution in [0.25, 0.3) is 0 Å². The van der Waals surface area contributed by atoms with Crippen LogP contribution in [0.2, 0.25) is 0 Å². The highest BCUT2D eigenvalue weighted by Gasteiger charge is 2.20. The Labute approximate surface area is 75.0 Å². The lowest BCUT2D eigenvalue weighted by atomic mass is 10.2. The van der Waals surface area contributed by atoms with Crippen molar-refractivity contribution in [1.82, 2.24) is 20.1 Å². The van der Waals surface area contributed by atoms with Gasteiger partial charge in [-0.1, -0.05) is 0 Å². The summed E-state index contributed by atoms with van der Waals surface area (Å²) in [6.07, 6.45) is -0.847. The summed E-state index contributed by atoms with van der Waals surface area (Å²) in [5.41, 5.74) is 0. The van der Waals surface area contributed by atoms with Gasteiger partial charge in [0.25, 0.3) is 6.43 Å². The fraction of sp³-hybridized carbons (Fsp3) is 0.714. The van der Waals surface area contributed by atoms with Gasteiger partial charge in [0.2, 0.25) is 0 Å². The van der Waals surface area contributed by atoms with E-state index in [-0.39, 0.29) is 6.42 Å². The molecule has 0 bridgehead atoms. The van der Waals surface area contributed by atoms with E-state index in [2.05, 4.69) is 15.4 Å². The average Bonchev–Trinajstić information content (AvgIpc) is 2.46. The van der Waals surface area contributed by atoms with Crippen LogP contribution in [0.4, 0.5) is 8.78 Å². The number of alkyl halides is 2. The molecule has 1 heterocycles. The van der Waals surface area contributed by atoms with Crippen LogP contribution in [-0.2, 0) is 13.5 Å². The van der Waals surface area contributed by atoms with Gasteiger partial charge in [-0.3, -0.25) is 4.68 Å². The van der Waals surface area contributed by atoms with Gasteiger partial charge < -0.3 is 5.32 Å². The normalized spacial score (nSPS) is 13.6. The smallest absolute Gasteiger partial charge is 0.254 e. The van der Waals surface area contributed by atoms with E-state index in [4.69, 9.17) is 0 Å². The van der Waals surface area contributed by atoms with Gasteiger partial charge in [-0.25, -0.2) is 13.8 Å². The van der Waals surface area contributed by atoms with Gasteiger partial charge >= 0.3 is 0 Å². The van der Waals surface area contributed by atoms with Crippen LogP contribution in [0.1, 0.15) is 5.82 Å². The second-order valence-corrected chi connectivity index (χ2v) is 2.73. The number of halogens is 2. The number of likely N-dealkylation sites (N-methyl/N-ethyl adjacent to an activating group) is 1. The van der Waals surface area contributed by atoms with Gasteiger partial charge in [0.05, 0.1) is 6.04 Å². The molecule has 1 N–H and O–H groups in total. The lowest BCUT2D eigenvalue weighted by Gasteiger charge is -2.13. The molecule has 74 valence electrons. The Morgan fingerprint density at radius 1 is 1.62 bits per heavy atom. The van der Waals surface area contributed by atoms with Crippen molar-refractivity contribution in [3.8, 4) is 0 Å². The fourth-order valence-corrected chi connectivity index (χ4v) is 1.02. The highest BCUT2D eigenvalue weighted by molar-refractivity contribution is 4.89. The number of hydrogen-bond acceptors (Lipinski definition) is 3. The summed E-state index contributed by atoms with van der Waals surface area (Å²) in [5, 5.41) is 6.33. The van der Waals surface area contributed by atoms with E-state index in [1.165, 1.54) is 18.1 Å². The molecule has 1 atom stereocenters. The molecule has 4 nitrogen and oxygen atoms in total. The van der Waals surface area contributed by atoms with Crippen molar-refractivity contribution < 1.29 is 8.78 Å². The third-order valence-electron chi connectivity index (χ3n) is 1.88. The van der Waals surface area contributed by atoms with Crippen molar-refractivity contribution >= 4 is 0 Å². The van der Waals surface area contributed by atoms with E-state index in [0.717, 1.165) is 0 Å². The first-order valence-electron chi connectivity index (χ1n) is 3.93. The molecule has 1 unspecified atom stereocenters. The Hall–Kier alpha value is -1.04. The summed E-state index contributed by atoms with van der Waals surface area (Å²) in [6.45, 7) is 0. The van der Waals surface area contributed by atoms with E-state index in [9.17, 15) is 8.78 Å². The largest absolute Gasteiger partial charge is 0.312 e. The third kappa shape index (κ3) is 2.45. The lowest BCUT2D eigenvalue weighted by Crippen LogP contribution is -2.35. The summed E-state index contributed by atoms with van der Waals surface area (Å²) in [5.74, 6) is 0.555. The Bertz CT molecular complexity index is 261. The first kappa shape index (κ1) is 10.0. The molecule has 0 saturated heterocycles. The molecule has 13 heavy (non-hydrogen) atoms. The van der Waals surface area contributed by atoms with E-state index < -0.39 is 12.5 Å². The van der Waals surface area contributed by atoms with E-state index in [1.807, 2.05) is 0 Å². The number of hydrogen-bond donors (Lipinski definition) is 1. The monoisotopic (exact) mass is 190 g/mol. The zero-order valence-corrected chi connectivity index (χ0v) is 7.54. The molecule has 0 aliphatic heterocycles. The molecular formula is C7H12F2N4. The first-order chi connectivity index (χ1) is 6.15. The van der Waals surface area contributed by atoms with Crippen LogP contribution in [0.5, 0.6) is 0 Å². The fourth-order valence-electron chi connectivity index (χ4n) is 1.02. The summed E-state index contributed by atoms with van der Waals surface area (Å²) >= 11 is 0. The first-order valence-corrected chi connectivity index (χ1v) is 3.93. The molecule has 0 spiro atoms. The van der Waals surface area contributed by atoms with Crippen molar-refractivity contribution in [3.63, 3.8) is 0 Å². The summed E-state index contributed by atoms with van der Waals surface area (Å²) in [6, 6.07) is -0.858. The molecule has 0 aliphatic rings. The standard InChI is InChI=1S/C7H12F2N4/c1-10-5(7(8)9)3-6-11-4-12-13(6)2/h4-5,7,10H,3H2,1-2H3. The molecule has 0 amide bonds. The Morgan fingerprint density at radius 2 is 2.31 bits per heavy atom. The molecule has 6 heteroatoms. The second-order valence-electron chi connectivity index (χ2n) is 2.73. The Morgan fingerprint density at radius 3 is 2.69 bits per heavy atom. The van der Waals surface area contributed by atoms with Crippen LogP contribution >= 0.6 is 0 Å². The zero-order chi connectivity index (χ0) is 9.84. The second kappa shape index (κ2) is 4.27. The van der Waals surface area contributed by atoms with Crippen LogP contribution < -0.4 is 5.32 Å². The van der Waals surface area contributed by atoms with Gasteiger partial charge in [0, 0.05) is 13.5 Å². The predicted octanol–water partition coefficient (Wildman–Crippen LogP) is 0.211. The Kier molecular flexibility index (Phi) is 3.30. The molecule has 0 aromatic carbocycles. The van der Waals surface area contributed by atoms with Gasteiger partial charge in [0.15, 0.2) is 0 Å². The van der Waals surface area contributed by atoms with E-state index in [0.29, 0.717) is 5.82 Å². The van der Waals surface area contributed by atoms with Crippen LogP contribution in [0, 0.1) is 0 Å². The lowest BCUT2D eigenvalue weighted by molar-refractivity contribution is 0.101. The summed E-state index contributed by atoms with van der Waals surface area (Å²) in [7, 11) is 3.19. The number of rotatable bonds is 4. The number of aryl methyl sites for hydroxylation is 1. The van der Waals surface area contributed by atoms with E-state index >= 15 is 0 Å². The highest BCUT2D eigenvalue weighted by Crippen LogP contribution is 2.06. The van der Waals surface area contributed by atoms with Crippen molar-refractivity contribution in [2.45, 2.75) is 18.9 Å². The van der Waals surface area contributed by atoms with Crippen molar-refractivity contribution in [2.75, 3.05) is 7.05 Å². The molecule has 0 saturated carbocycles. The highest BCUT2D eigenvalue weighted by atomic mass is 19.3. The maximum atomic E-state index is 12.3. The molecule has 0 aliphatic carbocycles. The molecule has 1 rings (SSSR count). The van der Waals surface area contributed by atoms with Crippen molar-refractivity contribution in [3.05, 3.63) is 12.2 Å². The quantitative estimate of drug-likeness (QED) is 0.738. The van der Waals surface area contributed by atoms with Crippen molar-refractivity contribution in [2.24, 2.45) is 7.05 Å². The molecule has 0 fully saturated rings. The van der Waals surface area contributed by atoms with Gasteiger partial charge in [0.1, 0.15) is 12.2 Å². The van der Waals surface area contributed by atoms with E-state index in [1.54, 1.807) is 7.05 Å². The topological polar surface area (TPSA) is 42.7 Å². The van der Waals surface area contributed by atoms with Crippen LogP contribution in [0.15, 0.2) is 6.33 Å². The van der Waals surface area contributed by atoms with Crippen LogP contribution in [0.3, 0.4) is 0 Å². The van der Waals surface area contributed by atoms with Crippen LogP contribution in [-0.4, -0.2) is 34.3 Å². The minimum atomic E-state index is -2.39. The summed E-state index contributed by atoms with van der Waals surface area (Å²) in [4.78, 5) is 3.86. The third-order valence-corrected chi connectivity index (χ3v) is 1.88. The SMILES string of the molecule is CNC(Cc1ncnn1C)C(F)F. The maximum absolute atomic E-state index is 12.3. The summed E-state index contributed by atoms with van der Waals surface area (Å²) < 4.78 is 26.1. The van der Waals surface area contributed by atoms with Gasteiger partial charge in [-0.2, -0.15) is 5.10 Å². The predicted molar refractivity (Wildman–Crippen MR) is 43.6 cm³/mol. The Balaban J connectivity index is 2.62. The van der Waals surface area contributed by atoms with Gasteiger partial charge in [-0.05, 0) is 7.05 Å². The molecule has 0 radical (unpaired) electrons. The molecule has 1 aromatic heterocycles. The number of nitrogens with zero attached hydrogens (tertiary/aromatic N) is 3.